The summed E-state index contributed by atoms with van der Waals surface area (Å²) in [5, 5.41) is 31.6. The number of hydrogen-bond donors (Lipinski definition) is 1. The van der Waals surface area contributed by atoms with E-state index in [1.54, 1.807) is 4.90 Å². The molecule has 16 heteroatoms. The third-order valence-corrected chi connectivity index (χ3v) is 5.82. The molecule has 0 saturated carbocycles. The van der Waals surface area contributed by atoms with E-state index in [4.69, 9.17) is 23.2 Å². The number of hydrogen-bond acceptors (Lipinski definition) is 9. The van der Waals surface area contributed by atoms with Crippen LogP contribution in [0.5, 0.6) is 0 Å². The quantitative estimate of drug-likeness (QED) is 0.123. The fourth-order valence-corrected chi connectivity index (χ4v) is 3.90. The second-order valence-corrected chi connectivity index (χ2v) is 9.07. The van der Waals surface area contributed by atoms with Gasteiger partial charge in [0, 0.05) is 11.8 Å². The number of halogens is 2. The average Bonchev–Trinajstić information content (AvgIpc) is 2.73. The predicted octanol–water partition coefficient (Wildman–Crippen LogP) is 2.63. The molecule has 33 heavy (non-hydrogen) atoms. The lowest BCUT2D eigenvalue weighted by Gasteiger charge is -2.13. The van der Waals surface area contributed by atoms with Gasteiger partial charge in [0.2, 0.25) is 4.90 Å². The highest BCUT2D eigenvalue weighted by atomic mass is 35.5. The first-order chi connectivity index (χ1) is 15.4. The summed E-state index contributed by atoms with van der Waals surface area (Å²) in [4.78, 5) is 27.5. The summed E-state index contributed by atoms with van der Waals surface area (Å²) in [6.45, 7) is 2.58. The normalized spacial score (nSPS) is 11.1. The standard InChI is InChI=1S/C11H23Cl2N.C6H3N3O9S/c1-14(10-6-2-4-8-12)11-7-3-5-9-13;10-7(11)3-1-4(8(12)13)6(19(16,17)18)5(2-3)9(14)15/h2-11H2,1H3;1-2H,(H,16,17,18). The number of unbranched alkanes of at least 4 members (excludes halogenated alkanes) is 4. The number of alkyl halides is 2. The summed E-state index contributed by atoms with van der Waals surface area (Å²) in [5.41, 5.74) is -4.11. The molecule has 0 atom stereocenters. The number of nitrogens with one attached hydrogen (secondary N) is 1. The molecule has 0 aliphatic carbocycles. The Kier molecular flexibility index (Phi) is 14.7. The molecule has 1 aromatic rings. The van der Waals surface area contributed by atoms with Gasteiger partial charge in [-0.1, -0.05) is 0 Å². The SMILES string of the molecule is C[NH+](CCCCCCl)CCCCCCl.O=[N+]([O-])c1cc([N+](=O)[O-])c(S(=O)(=O)[O-])c([N+](=O)[O-])c1. The molecule has 1 rings (SSSR count). The molecule has 0 radical (unpaired) electrons. The molecule has 0 spiro atoms. The molecule has 0 amide bonds. The van der Waals surface area contributed by atoms with Crippen molar-refractivity contribution < 1.29 is 32.6 Å². The lowest BCUT2D eigenvalue weighted by molar-refractivity contribution is -0.880. The van der Waals surface area contributed by atoms with Crippen molar-refractivity contribution in [3.8, 4) is 0 Å². The Morgan fingerprint density at radius 2 is 1.18 bits per heavy atom. The molecule has 0 aromatic heterocycles. The van der Waals surface area contributed by atoms with Gasteiger partial charge >= 0.3 is 11.4 Å². The highest BCUT2D eigenvalue weighted by molar-refractivity contribution is 7.86. The highest BCUT2D eigenvalue weighted by Gasteiger charge is 2.34. The van der Waals surface area contributed by atoms with Gasteiger partial charge in [-0.2, -0.15) is 0 Å². The molecule has 1 N–H and O–H groups in total. The van der Waals surface area contributed by atoms with E-state index in [1.807, 2.05) is 0 Å². The van der Waals surface area contributed by atoms with E-state index in [9.17, 15) is 43.3 Å². The largest absolute Gasteiger partial charge is 0.744 e. The van der Waals surface area contributed by atoms with Crippen molar-refractivity contribution in [2.75, 3.05) is 31.9 Å². The van der Waals surface area contributed by atoms with Crippen LogP contribution < -0.4 is 4.90 Å². The van der Waals surface area contributed by atoms with Gasteiger partial charge in [0.25, 0.3) is 5.69 Å². The monoisotopic (exact) mass is 532 g/mol. The summed E-state index contributed by atoms with van der Waals surface area (Å²) in [6.07, 6.45) is 7.52. The Balaban J connectivity index is 0.000000653. The zero-order valence-electron chi connectivity index (χ0n) is 17.9. The van der Waals surface area contributed by atoms with Gasteiger partial charge in [-0.25, -0.2) is 8.42 Å². The Bertz CT molecular complexity index is 869. The van der Waals surface area contributed by atoms with E-state index in [2.05, 4.69) is 7.05 Å². The van der Waals surface area contributed by atoms with E-state index >= 15 is 0 Å². The summed E-state index contributed by atoms with van der Waals surface area (Å²) in [7, 11) is -3.27. The summed E-state index contributed by atoms with van der Waals surface area (Å²) < 4.78 is 32.5. The Labute approximate surface area is 200 Å². The third-order valence-electron chi connectivity index (χ3n) is 4.36. The van der Waals surface area contributed by atoms with Gasteiger partial charge in [0.1, 0.15) is 10.1 Å². The van der Waals surface area contributed by atoms with Crippen molar-refractivity contribution in [3.05, 3.63) is 42.5 Å². The van der Waals surface area contributed by atoms with Crippen LogP contribution >= 0.6 is 23.2 Å². The van der Waals surface area contributed by atoms with Gasteiger partial charge in [0.15, 0.2) is 0 Å². The smallest absolute Gasteiger partial charge is 0.300 e. The maximum Gasteiger partial charge on any atom is 0.300 e. The number of benzene rings is 1. The molecule has 0 fully saturated rings. The van der Waals surface area contributed by atoms with Crippen LogP contribution in [0.15, 0.2) is 17.0 Å². The van der Waals surface area contributed by atoms with Crippen LogP contribution in [0.1, 0.15) is 38.5 Å². The first-order valence-electron chi connectivity index (χ1n) is 9.87. The Hall–Kier alpha value is -2.13. The number of rotatable bonds is 14. The van der Waals surface area contributed by atoms with Gasteiger partial charge in [-0.3, -0.25) is 30.3 Å². The van der Waals surface area contributed by atoms with E-state index < -0.39 is 46.8 Å². The van der Waals surface area contributed by atoms with E-state index in [-0.39, 0.29) is 12.1 Å². The molecule has 188 valence electrons. The molecule has 1 aromatic carbocycles. The summed E-state index contributed by atoms with van der Waals surface area (Å²) in [5.74, 6) is 1.63. The minimum Gasteiger partial charge on any atom is -0.744 e. The van der Waals surface area contributed by atoms with Gasteiger partial charge in [0.05, 0.1) is 47.0 Å². The zero-order valence-corrected chi connectivity index (χ0v) is 20.2. The van der Waals surface area contributed by atoms with Crippen LogP contribution in [0.4, 0.5) is 17.1 Å². The molecule has 0 saturated heterocycles. The number of nitro groups is 3. The van der Waals surface area contributed by atoms with Crippen molar-refractivity contribution >= 4 is 50.4 Å². The first-order valence-corrected chi connectivity index (χ1v) is 12.3. The lowest BCUT2D eigenvalue weighted by Crippen LogP contribution is -3.09. The number of nitrogens with zero attached hydrogens (tertiary/aromatic N) is 3. The fraction of sp³-hybridized carbons (Fsp3) is 0.647. The van der Waals surface area contributed by atoms with E-state index in [0.717, 1.165) is 11.8 Å². The van der Waals surface area contributed by atoms with Crippen LogP contribution in [0.3, 0.4) is 0 Å². The molecule has 0 bridgehead atoms. The third kappa shape index (κ3) is 12.1. The number of quaternary nitrogens is 1. The molecular weight excluding hydrogens is 507 g/mol. The van der Waals surface area contributed by atoms with Crippen LogP contribution in [-0.2, 0) is 10.1 Å². The molecular formula is C17H26Cl2N4O9S. The minimum atomic E-state index is -5.55. The number of nitro benzene ring substituents is 3. The lowest BCUT2D eigenvalue weighted by atomic mass is 10.2. The zero-order chi connectivity index (χ0) is 25.6. The van der Waals surface area contributed by atoms with Crippen molar-refractivity contribution in [1.82, 2.24) is 0 Å². The number of non-ortho nitro benzene ring substituents is 1. The second-order valence-electron chi connectivity index (χ2n) is 6.99. The second kappa shape index (κ2) is 15.7. The minimum absolute atomic E-state index is 0.164. The van der Waals surface area contributed by atoms with Crippen LogP contribution in [0, 0.1) is 30.3 Å². The van der Waals surface area contributed by atoms with Crippen molar-refractivity contribution in [2.24, 2.45) is 0 Å². The van der Waals surface area contributed by atoms with Crippen LogP contribution in [-0.4, -0.2) is 59.6 Å². The molecule has 0 aliphatic rings. The molecule has 0 aliphatic heterocycles. The first kappa shape index (κ1) is 30.9. The van der Waals surface area contributed by atoms with Crippen LogP contribution in [0.2, 0.25) is 0 Å². The molecule has 0 heterocycles. The van der Waals surface area contributed by atoms with Crippen molar-refractivity contribution in [2.45, 2.75) is 43.4 Å². The Morgan fingerprint density at radius 1 is 0.788 bits per heavy atom. The predicted molar refractivity (Wildman–Crippen MR) is 120 cm³/mol. The van der Waals surface area contributed by atoms with E-state index in [1.165, 1.54) is 51.6 Å². The topological polar surface area (TPSA) is 191 Å². The van der Waals surface area contributed by atoms with Crippen LogP contribution in [0.25, 0.3) is 0 Å². The average molecular weight is 533 g/mol. The van der Waals surface area contributed by atoms with Crippen molar-refractivity contribution in [1.29, 1.82) is 0 Å². The molecule has 0 unspecified atom stereocenters. The summed E-state index contributed by atoms with van der Waals surface area (Å²) in [6, 6.07) is 0.329. The maximum absolute atomic E-state index is 10.8. The Morgan fingerprint density at radius 3 is 1.45 bits per heavy atom. The van der Waals surface area contributed by atoms with Gasteiger partial charge in [-0.15, -0.1) is 23.2 Å². The van der Waals surface area contributed by atoms with E-state index in [0.29, 0.717) is 0 Å². The fourth-order valence-electron chi connectivity index (χ4n) is 2.74. The molecule has 13 nitrogen and oxygen atoms in total. The van der Waals surface area contributed by atoms with Gasteiger partial charge in [-0.05, 0) is 38.5 Å². The van der Waals surface area contributed by atoms with Gasteiger partial charge < -0.3 is 9.45 Å². The maximum atomic E-state index is 10.8. The summed E-state index contributed by atoms with van der Waals surface area (Å²) >= 11 is 11.2. The van der Waals surface area contributed by atoms with Crippen molar-refractivity contribution in [3.63, 3.8) is 0 Å². The highest BCUT2D eigenvalue weighted by Crippen LogP contribution is 2.36.